The van der Waals surface area contributed by atoms with Gasteiger partial charge in [-0.1, -0.05) is 29.6 Å². The molecule has 2 aliphatic heterocycles. The molecule has 1 aromatic heterocycles. The number of carbonyl (C=O) groups is 1. The molecule has 1 amide bonds. The Labute approximate surface area is 135 Å². The minimum absolute atomic E-state index is 0.109. The minimum atomic E-state index is -0.109. The summed E-state index contributed by atoms with van der Waals surface area (Å²) in [7, 11) is 0. The smallest absolute Gasteiger partial charge is 0.274 e. The lowest BCUT2D eigenvalue weighted by Crippen LogP contribution is -2.41. The third-order valence-electron chi connectivity index (χ3n) is 4.37. The van der Waals surface area contributed by atoms with Crippen LogP contribution in [0.3, 0.4) is 0 Å². The molecule has 0 aromatic carbocycles. The maximum Gasteiger partial charge on any atom is 0.274 e. The number of rotatable bonds is 2. The van der Waals surface area contributed by atoms with Crippen molar-refractivity contribution in [2.75, 3.05) is 26.2 Å². The van der Waals surface area contributed by atoms with Gasteiger partial charge in [-0.3, -0.25) is 9.69 Å². The molecule has 1 aromatic rings. The van der Waals surface area contributed by atoms with Crippen LogP contribution in [0.5, 0.6) is 0 Å². The predicted molar refractivity (Wildman–Crippen MR) is 84.0 cm³/mol. The maximum absolute atomic E-state index is 12.6. The summed E-state index contributed by atoms with van der Waals surface area (Å²) in [6, 6.07) is 3.70. The van der Waals surface area contributed by atoms with Crippen molar-refractivity contribution in [2.24, 2.45) is 0 Å². The number of carbonyl (C=O) groups excluding carboxylic acids is 1. The molecule has 0 aliphatic carbocycles. The van der Waals surface area contributed by atoms with Gasteiger partial charge in [-0.05, 0) is 44.5 Å². The van der Waals surface area contributed by atoms with Crippen LogP contribution in [-0.2, 0) is 0 Å². The first-order chi connectivity index (χ1) is 10.1. The molecule has 114 valence electrons. The Morgan fingerprint density at radius 3 is 2.67 bits per heavy atom. The van der Waals surface area contributed by atoms with Crippen molar-refractivity contribution in [3.8, 4) is 0 Å². The maximum atomic E-state index is 12.6. The summed E-state index contributed by atoms with van der Waals surface area (Å²) < 4.78 is 0. The molecule has 0 N–H and O–H groups in total. The van der Waals surface area contributed by atoms with Crippen molar-refractivity contribution in [3.05, 3.63) is 28.0 Å². The predicted octanol–water partition coefficient (Wildman–Crippen LogP) is 3.09. The van der Waals surface area contributed by atoms with Crippen LogP contribution in [0.2, 0.25) is 10.2 Å². The Bertz CT molecular complexity index is 532. The van der Waals surface area contributed by atoms with E-state index in [1.807, 2.05) is 4.90 Å². The normalized spacial score (nSPS) is 23.5. The molecule has 6 heteroatoms. The van der Waals surface area contributed by atoms with Gasteiger partial charge in [0.15, 0.2) is 0 Å². The van der Waals surface area contributed by atoms with E-state index in [1.54, 1.807) is 12.1 Å². The van der Waals surface area contributed by atoms with Gasteiger partial charge in [0, 0.05) is 19.1 Å². The van der Waals surface area contributed by atoms with Crippen LogP contribution in [0.15, 0.2) is 12.1 Å². The number of hydrogen-bond donors (Lipinski definition) is 0. The van der Waals surface area contributed by atoms with Crippen molar-refractivity contribution in [3.63, 3.8) is 0 Å². The lowest BCUT2D eigenvalue weighted by Gasteiger charge is -2.32. The number of nitrogens with zero attached hydrogens (tertiary/aromatic N) is 3. The van der Waals surface area contributed by atoms with E-state index in [-0.39, 0.29) is 11.6 Å². The fraction of sp³-hybridized carbons (Fsp3) is 0.600. The van der Waals surface area contributed by atoms with Gasteiger partial charge in [0.05, 0.1) is 5.02 Å². The molecule has 2 saturated heterocycles. The molecule has 0 spiro atoms. The Morgan fingerprint density at radius 1 is 1.14 bits per heavy atom. The number of amides is 1. The topological polar surface area (TPSA) is 36.4 Å². The highest BCUT2D eigenvalue weighted by molar-refractivity contribution is 6.34. The van der Waals surface area contributed by atoms with E-state index in [0.29, 0.717) is 16.2 Å². The van der Waals surface area contributed by atoms with Gasteiger partial charge >= 0.3 is 0 Å². The average Bonchev–Trinajstić information content (AvgIpc) is 3.00. The molecule has 0 radical (unpaired) electrons. The highest BCUT2D eigenvalue weighted by Gasteiger charge is 2.32. The average molecular weight is 328 g/mol. The molecule has 21 heavy (non-hydrogen) atoms. The number of piperidine rings is 1. The summed E-state index contributed by atoms with van der Waals surface area (Å²) in [5.41, 5.74) is 0.267. The minimum Gasteiger partial charge on any atom is -0.336 e. The van der Waals surface area contributed by atoms with E-state index in [0.717, 1.165) is 32.6 Å². The Hall–Kier alpha value is -0.840. The molecule has 1 unspecified atom stereocenters. The van der Waals surface area contributed by atoms with Gasteiger partial charge in [-0.25, -0.2) is 4.98 Å². The molecule has 3 rings (SSSR count). The van der Waals surface area contributed by atoms with Crippen LogP contribution in [0.1, 0.15) is 36.2 Å². The van der Waals surface area contributed by atoms with Crippen LogP contribution >= 0.6 is 23.2 Å². The number of hydrogen-bond acceptors (Lipinski definition) is 3. The van der Waals surface area contributed by atoms with Crippen molar-refractivity contribution in [1.29, 1.82) is 0 Å². The van der Waals surface area contributed by atoms with E-state index < -0.39 is 0 Å². The standard InChI is InChI=1S/C15H19Cl2N3O/c16-12-4-5-13(17)18-14(12)15(21)20-9-6-11(10-20)19-7-2-1-3-8-19/h4-5,11H,1-3,6-10H2. The highest BCUT2D eigenvalue weighted by Crippen LogP contribution is 2.24. The Morgan fingerprint density at radius 2 is 1.90 bits per heavy atom. The first kappa shape index (κ1) is 15.1. The quantitative estimate of drug-likeness (QED) is 0.783. The fourth-order valence-corrected chi connectivity index (χ4v) is 3.56. The molecular weight excluding hydrogens is 309 g/mol. The molecule has 2 aliphatic rings. The molecule has 2 fully saturated rings. The van der Waals surface area contributed by atoms with Gasteiger partial charge in [0.1, 0.15) is 10.8 Å². The number of pyridine rings is 1. The van der Waals surface area contributed by atoms with Crippen LogP contribution in [0.4, 0.5) is 0 Å². The van der Waals surface area contributed by atoms with E-state index in [4.69, 9.17) is 23.2 Å². The summed E-state index contributed by atoms with van der Waals surface area (Å²) in [4.78, 5) is 21.0. The second-order valence-electron chi connectivity index (χ2n) is 5.75. The number of likely N-dealkylation sites (tertiary alicyclic amines) is 2. The molecule has 0 saturated carbocycles. The van der Waals surface area contributed by atoms with Crippen molar-refractivity contribution in [1.82, 2.24) is 14.8 Å². The highest BCUT2D eigenvalue weighted by atomic mass is 35.5. The van der Waals surface area contributed by atoms with Gasteiger partial charge in [-0.2, -0.15) is 0 Å². The zero-order valence-corrected chi connectivity index (χ0v) is 13.4. The summed E-state index contributed by atoms with van der Waals surface area (Å²) in [6.07, 6.45) is 4.90. The second-order valence-corrected chi connectivity index (χ2v) is 6.55. The fourth-order valence-electron chi connectivity index (χ4n) is 3.23. The molecular formula is C15H19Cl2N3O. The molecule has 1 atom stereocenters. The first-order valence-corrected chi connectivity index (χ1v) is 8.26. The van der Waals surface area contributed by atoms with Crippen LogP contribution in [0.25, 0.3) is 0 Å². The zero-order chi connectivity index (χ0) is 14.8. The van der Waals surface area contributed by atoms with Crippen molar-refractivity contribution >= 4 is 29.1 Å². The Balaban J connectivity index is 1.67. The SMILES string of the molecule is O=C(c1nc(Cl)ccc1Cl)N1CCC(N2CCCCC2)C1. The number of aromatic nitrogens is 1. The summed E-state index contributed by atoms with van der Waals surface area (Å²) in [6.45, 7) is 3.85. The first-order valence-electron chi connectivity index (χ1n) is 7.50. The third-order valence-corrected chi connectivity index (χ3v) is 4.89. The van der Waals surface area contributed by atoms with E-state index in [9.17, 15) is 4.79 Å². The molecule has 3 heterocycles. The summed E-state index contributed by atoms with van der Waals surface area (Å²) >= 11 is 11.9. The summed E-state index contributed by atoms with van der Waals surface area (Å²) in [5, 5.41) is 0.667. The van der Waals surface area contributed by atoms with Crippen LogP contribution < -0.4 is 0 Å². The van der Waals surface area contributed by atoms with Crippen LogP contribution in [-0.4, -0.2) is 52.9 Å². The lowest BCUT2D eigenvalue weighted by atomic mass is 10.1. The molecule has 4 nitrogen and oxygen atoms in total. The summed E-state index contributed by atoms with van der Waals surface area (Å²) in [5.74, 6) is -0.109. The van der Waals surface area contributed by atoms with Crippen LogP contribution in [0, 0.1) is 0 Å². The van der Waals surface area contributed by atoms with E-state index >= 15 is 0 Å². The largest absolute Gasteiger partial charge is 0.336 e. The van der Waals surface area contributed by atoms with E-state index in [2.05, 4.69) is 9.88 Å². The van der Waals surface area contributed by atoms with Gasteiger partial charge < -0.3 is 4.90 Å². The van der Waals surface area contributed by atoms with Gasteiger partial charge in [0.25, 0.3) is 5.91 Å². The van der Waals surface area contributed by atoms with Crippen molar-refractivity contribution < 1.29 is 4.79 Å². The van der Waals surface area contributed by atoms with Gasteiger partial charge in [0.2, 0.25) is 0 Å². The number of halogens is 2. The monoisotopic (exact) mass is 327 g/mol. The van der Waals surface area contributed by atoms with E-state index in [1.165, 1.54) is 19.3 Å². The molecule has 0 bridgehead atoms. The Kier molecular flexibility index (Phi) is 4.67. The zero-order valence-electron chi connectivity index (χ0n) is 11.9. The third kappa shape index (κ3) is 3.33. The second kappa shape index (κ2) is 6.51. The van der Waals surface area contributed by atoms with Gasteiger partial charge in [-0.15, -0.1) is 0 Å². The lowest BCUT2D eigenvalue weighted by molar-refractivity contribution is 0.0766. The van der Waals surface area contributed by atoms with Crippen molar-refractivity contribution in [2.45, 2.75) is 31.7 Å².